The lowest BCUT2D eigenvalue weighted by Crippen LogP contribution is -2.19. The Kier molecular flexibility index (Phi) is 13.2. The molecule has 0 spiro atoms. The zero-order chi connectivity index (χ0) is 29.8. The molecular weight excluding hydrogens is 480 g/mol. The summed E-state index contributed by atoms with van der Waals surface area (Å²) >= 11 is 0. The van der Waals surface area contributed by atoms with Crippen LogP contribution in [0.4, 0.5) is 0 Å². The van der Waals surface area contributed by atoms with Gasteiger partial charge in [-0.3, -0.25) is 0 Å². The number of allylic oxidation sites excluding steroid dienone is 12. The van der Waals surface area contributed by atoms with E-state index in [0.717, 1.165) is 18.4 Å². The minimum absolute atomic E-state index is 0.260. The van der Waals surface area contributed by atoms with Gasteiger partial charge in [0.2, 0.25) is 0 Å². The van der Waals surface area contributed by atoms with E-state index in [-0.39, 0.29) is 22.7 Å². The SMILES string of the molecule is CC1=C(/C=C/C(C)=C/C#C/C(C)=C/CC#CC(C)CC#CC(C)/C=C/C2=C(C)CCCC2(C)C)C(C)(C)CCC1. The summed E-state index contributed by atoms with van der Waals surface area (Å²) in [4.78, 5) is 0. The predicted molar refractivity (Wildman–Crippen MR) is 177 cm³/mol. The van der Waals surface area contributed by atoms with Crippen molar-refractivity contribution in [2.24, 2.45) is 22.7 Å². The highest BCUT2D eigenvalue weighted by atomic mass is 14.3. The Bertz CT molecular complexity index is 1260. The van der Waals surface area contributed by atoms with Gasteiger partial charge in [0, 0.05) is 24.7 Å². The van der Waals surface area contributed by atoms with Crippen molar-refractivity contribution in [1.82, 2.24) is 0 Å². The third kappa shape index (κ3) is 11.3. The summed E-state index contributed by atoms with van der Waals surface area (Å²) in [7, 11) is 0. The van der Waals surface area contributed by atoms with Crippen molar-refractivity contribution in [3.05, 3.63) is 69.9 Å². The molecule has 0 fully saturated rings. The predicted octanol–water partition coefficient (Wildman–Crippen LogP) is 11.1. The van der Waals surface area contributed by atoms with Crippen LogP contribution in [0.15, 0.2) is 69.9 Å². The molecular formula is C40H54. The van der Waals surface area contributed by atoms with Gasteiger partial charge in [0.05, 0.1) is 0 Å². The zero-order valence-corrected chi connectivity index (χ0v) is 27.3. The second-order valence-corrected chi connectivity index (χ2v) is 13.3. The van der Waals surface area contributed by atoms with Crippen LogP contribution in [-0.2, 0) is 0 Å². The van der Waals surface area contributed by atoms with Gasteiger partial charge >= 0.3 is 0 Å². The van der Waals surface area contributed by atoms with E-state index in [1.54, 1.807) is 0 Å². The molecule has 0 heterocycles. The highest BCUT2D eigenvalue weighted by Crippen LogP contribution is 2.41. The second-order valence-electron chi connectivity index (χ2n) is 13.3. The lowest BCUT2D eigenvalue weighted by atomic mass is 9.72. The molecule has 0 heteroatoms. The first kappa shape index (κ1) is 33.3. The Morgan fingerprint density at radius 1 is 0.850 bits per heavy atom. The average molecular weight is 535 g/mol. The quantitative estimate of drug-likeness (QED) is 0.235. The van der Waals surface area contributed by atoms with Crippen LogP contribution in [0.1, 0.15) is 121 Å². The van der Waals surface area contributed by atoms with Gasteiger partial charge in [0.25, 0.3) is 0 Å². The van der Waals surface area contributed by atoms with Crippen LogP contribution in [0, 0.1) is 58.2 Å². The van der Waals surface area contributed by atoms with Crippen LogP contribution in [0.25, 0.3) is 0 Å². The summed E-state index contributed by atoms with van der Waals surface area (Å²) in [5, 5.41) is 0. The third-order valence-corrected chi connectivity index (χ3v) is 8.32. The Morgan fingerprint density at radius 2 is 1.45 bits per heavy atom. The van der Waals surface area contributed by atoms with E-state index < -0.39 is 0 Å². The van der Waals surface area contributed by atoms with Gasteiger partial charge in [-0.1, -0.05) is 106 Å². The molecule has 0 aliphatic heterocycles. The molecule has 0 saturated carbocycles. The van der Waals surface area contributed by atoms with Crippen molar-refractivity contribution < 1.29 is 0 Å². The molecule has 0 saturated heterocycles. The summed E-state index contributed by atoms with van der Waals surface area (Å²) in [5.41, 5.74) is 8.88. The van der Waals surface area contributed by atoms with Gasteiger partial charge in [0.15, 0.2) is 0 Å². The first-order valence-corrected chi connectivity index (χ1v) is 15.4. The van der Waals surface area contributed by atoms with Crippen molar-refractivity contribution >= 4 is 0 Å². The molecule has 40 heavy (non-hydrogen) atoms. The van der Waals surface area contributed by atoms with Crippen molar-refractivity contribution in [3.63, 3.8) is 0 Å². The van der Waals surface area contributed by atoms with E-state index in [1.165, 1.54) is 66.4 Å². The summed E-state index contributed by atoms with van der Waals surface area (Å²) in [6, 6.07) is 0. The van der Waals surface area contributed by atoms with Crippen LogP contribution >= 0.6 is 0 Å². The maximum Gasteiger partial charge on any atom is 0.0357 e. The standard InChI is InChI=1S/C40H54/c1-31(19-13-21-33(3)25-27-37-35(5)23-15-29-39(37,7)8)17-11-12-18-32(2)20-14-22-34(4)26-28-38-36(6)24-16-30-40(38,9)10/h17,21,25-28,32,34H,11,15-16,20,23-24,29-30H2,1-10H3/b27-25+,28-26+,31-17+,33-21+. The number of rotatable bonds is 6. The molecule has 0 bridgehead atoms. The highest BCUT2D eigenvalue weighted by molar-refractivity contribution is 5.39. The topological polar surface area (TPSA) is 0 Å². The van der Waals surface area contributed by atoms with Crippen molar-refractivity contribution in [1.29, 1.82) is 0 Å². The Hall–Kier alpha value is -2.88. The Labute approximate surface area is 248 Å². The number of hydrogen-bond donors (Lipinski definition) is 0. The van der Waals surface area contributed by atoms with Gasteiger partial charge in [-0.2, -0.15) is 0 Å². The molecule has 2 aliphatic rings. The molecule has 0 aromatic heterocycles. The van der Waals surface area contributed by atoms with Gasteiger partial charge in [-0.25, -0.2) is 0 Å². The van der Waals surface area contributed by atoms with E-state index in [0.29, 0.717) is 0 Å². The van der Waals surface area contributed by atoms with E-state index in [2.05, 4.69) is 135 Å². The van der Waals surface area contributed by atoms with Crippen LogP contribution < -0.4 is 0 Å². The lowest BCUT2D eigenvalue weighted by molar-refractivity contribution is 0.376. The summed E-state index contributed by atoms with van der Waals surface area (Å²) in [6.45, 7) is 22.5. The molecule has 0 aromatic rings. The van der Waals surface area contributed by atoms with Crippen molar-refractivity contribution in [2.45, 2.75) is 121 Å². The minimum Gasteiger partial charge on any atom is -0.101 e. The van der Waals surface area contributed by atoms with E-state index in [9.17, 15) is 0 Å². The normalized spacial score (nSPS) is 20.9. The molecule has 0 N–H and O–H groups in total. The molecule has 0 nitrogen and oxygen atoms in total. The van der Waals surface area contributed by atoms with E-state index >= 15 is 0 Å². The minimum atomic E-state index is 0.260. The average Bonchev–Trinajstić information content (AvgIpc) is 2.85. The fourth-order valence-electron chi connectivity index (χ4n) is 5.75. The maximum absolute atomic E-state index is 3.40. The second kappa shape index (κ2) is 15.8. The fraction of sp³-hybridized carbons (Fsp3) is 0.550. The summed E-state index contributed by atoms with van der Waals surface area (Å²) in [5.74, 6) is 20.4. The Morgan fingerprint density at radius 3 is 2.05 bits per heavy atom. The van der Waals surface area contributed by atoms with Crippen molar-refractivity contribution in [3.8, 4) is 35.5 Å². The van der Waals surface area contributed by atoms with Gasteiger partial charge in [-0.15, -0.1) is 5.92 Å². The molecule has 0 amide bonds. The van der Waals surface area contributed by atoms with Crippen LogP contribution in [0.5, 0.6) is 0 Å². The molecule has 2 rings (SSSR count). The first-order chi connectivity index (χ1) is 18.8. The van der Waals surface area contributed by atoms with Crippen LogP contribution in [0.3, 0.4) is 0 Å². The van der Waals surface area contributed by atoms with E-state index in [4.69, 9.17) is 0 Å². The molecule has 214 valence electrons. The van der Waals surface area contributed by atoms with Crippen LogP contribution in [-0.4, -0.2) is 0 Å². The van der Waals surface area contributed by atoms with Gasteiger partial charge < -0.3 is 0 Å². The van der Waals surface area contributed by atoms with Gasteiger partial charge in [0.1, 0.15) is 0 Å². The molecule has 0 aromatic carbocycles. The molecule has 2 aliphatic carbocycles. The first-order valence-electron chi connectivity index (χ1n) is 15.4. The lowest BCUT2D eigenvalue weighted by Gasteiger charge is -2.33. The third-order valence-electron chi connectivity index (χ3n) is 8.32. The Balaban J connectivity index is 1.83. The summed E-state index contributed by atoms with van der Waals surface area (Å²) < 4.78 is 0. The highest BCUT2D eigenvalue weighted by Gasteiger charge is 2.27. The van der Waals surface area contributed by atoms with E-state index in [1.807, 2.05) is 6.08 Å². The van der Waals surface area contributed by atoms with Gasteiger partial charge in [-0.05, 0) is 112 Å². The van der Waals surface area contributed by atoms with Crippen LogP contribution in [0.2, 0.25) is 0 Å². The smallest absolute Gasteiger partial charge is 0.0357 e. The molecule has 0 radical (unpaired) electrons. The summed E-state index contributed by atoms with van der Waals surface area (Å²) in [6.07, 6.45) is 22.4. The monoisotopic (exact) mass is 534 g/mol. The van der Waals surface area contributed by atoms with Crippen molar-refractivity contribution in [2.75, 3.05) is 0 Å². The molecule has 2 unspecified atom stereocenters. The fourth-order valence-corrected chi connectivity index (χ4v) is 5.75. The maximum atomic E-state index is 3.40. The number of hydrogen-bond acceptors (Lipinski definition) is 0. The largest absolute Gasteiger partial charge is 0.101 e. The molecule has 2 atom stereocenters. The zero-order valence-electron chi connectivity index (χ0n) is 27.3.